The molecule has 2 heterocycles. The van der Waals surface area contributed by atoms with Gasteiger partial charge in [-0.15, -0.1) is 0 Å². The van der Waals surface area contributed by atoms with Gasteiger partial charge in [-0.2, -0.15) is 0 Å². The molecule has 3 rings (SSSR count). The van der Waals surface area contributed by atoms with Crippen LogP contribution in [0.15, 0.2) is 30.5 Å². The SMILES string of the molecule is CCN(CC)CCOc1ccc(C2OCc3c2cnc(C)c3O)cc1. The molecule has 0 spiro atoms. The van der Waals surface area contributed by atoms with E-state index in [1.165, 1.54) is 0 Å². The third kappa shape index (κ3) is 3.78. The number of hydrogen-bond donors (Lipinski definition) is 1. The first-order chi connectivity index (χ1) is 12.1. The Morgan fingerprint density at radius 3 is 2.64 bits per heavy atom. The molecule has 0 amide bonds. The van der Waals surface area contributed by atoms with E-state index >= 15 is 0 Å². The Balaban J connectivity index is 1.65. The Morgan fingerprint density at radius 1 is 1.24 bits per heavy atom. The Morgan fingerprint density at radius 2 is 1.96 bits per heavy atom. The highest BCUT2D eigenvalue weighted by Gasteiger charge is 2.28. The van der Waals surface area contributed by atoms with Gasteiger partial charge >= 0.3 is 0 Å². The van der Waals surface area contributed by atoms with Gasteiger partial charge in [0.1, 0.15) is 24.2 Å². The molecular formula is C20H26N2O3. The number of pyridine rings is 1. The number of fused-ring (bicyclic) bond motifs is 1. The fourth-order valence-corrected chi connectivity index (χ4v) is 3.14. The van der Waals surface area contributed by atoms with Crippen molar-refractivity contribution in [1.29, 1.82) is 0 Å². The molecule has 0 radical (unpaired) electrons. The zero-order chi connectivity index (χ0) is 17.8. The quantitative estimate of drug-likeness (QED) is 0.835. The molecule has 0 saturated carbocycles. The van der Waals surface area contributed by atoms with Gasteiger partial charge in [0.15, 0.2) is 0 Å². The van der Waals surface area contributed by atoms with Crippen LogP contribution >= 0.6 is 0 Å². The minimum Gasteiger partial charge on any atom is -0.506 e. The summed E-state index contributed by atoms with van der Waals surface area (Å²) in [6.45, 7) is 10.2. The molecule has 1 atom stereocenters. The molecule has 134 valence electrons. The molecule has 1 N–H and O–H groups in total. The van der Waals surface area contributed by atoms with E-state index in [1.807, 2.05) is 24.3 Å². The Bertz CT molecular complexity index is 712. The van der Waals surface area contributed by atoms with Crippen molar-refractivity contribution in [3.05, 3.63) is 52.8 Å². The van der Waals surface area contributed by atoms with Gasteiger partial charge in [0, 0.05) is 23.9 Å². The van der Waals surface area contributed by atoms with Crippen molar-refractivity contribution in [2.24, 2.45) is 0 Å². The summed E-state index contributed by atoms with van der Waals surface area (Å²) >= 11 is 0. The van der Waals surface area contributed by atoms with Crippen LogP contribution in [0.2, 0.25) is 0 Å². The maximum absolute atomic E-state index is 10.1. The average molecular weight is 342 g/mol. The zero-order valence-corrected chi connectivity index (χ0v) is 15.2. The molecule has 0 aliphatic carbocycles. The normalized spacial score (nSPS) is 16.2. The van der Waals surface area contributed by atoms with Crippen LogP contribution in [-0.2, 0) is 11.3 Å². The van der Waals surface area contributed by atoms with Crippen molar-refractivity contribution < 1.29 is 14.6 Å². The average Bonchev–Trinajstić information content (AvgIpc) is 3.07. The molecule has 1 aromatic heterocycles. The fourth-order valence-electron chi connectivity index (χ4n) is 3.14. The highest BCUT2D eigenvalue weighted by Crippen LogP contribution is 2.40. The molecule has 1 aliphatic rings. The first-order valence-corrected chi connectivity index (χ1v) is 8.88. The van der Waals surface area contributed by atoms with E-state index in [2.05, 4.69) is 23.7 Å². The van der Waals surface area contributed by atoms with Crippen molar-refractivity contribution in [2.75, 3.05) is 26.2 Å². The summed E-state index contributed by atoms with van der Waals surface area (Å²) in [4.78, 5) is 6.59. The molecule has 5 nitrogen and oxygen atoms in total. The summed E-state index contributed by atoms with van der Waals surface area (Å²) in [7, 11) is 0. The molecule has 0 fully saturated rings. The van der Waals surface area contributed by atoms with Gasteiger partial charge in [0.05, 0.1) is 12.3 Å². The van der Waals surface area contributed by atoms with Crippen LogP contribution in [0.1, 0.15) is 42.3 Å². The highest BCUT2D eigenvalue weighted by atomic mass is 16.5. The molecule has 0 bridgehead atoms. The molecule has 2 aromatic rings. The monoisotopic (exact) mass is 342 g/mol. The molecule has 5 heteroatoms. The van der Waals surface area contributed by atoms with Gasteiger partial charge in [-0.25, -0.2) is 0 Å². The largest absolute Gasteiger partial charge is 0.506 e. The second-order valence-electron chi connectivity index (χ2n) is 6.26. The van der Waals surface area contributed by atoms with Crippen LogP contribution in [0.4, 0.5) is 0 Å². The fraction of sp³-hybridized carbons (Fsp3) is 0.450. The van der Waals surface area contributed by atoms with Crippen LogP contribution in [0.25, 0.3) is 0 Å². The first-order valence-electron chi connectivity index (χ1n) is 8.88. The number of nitrogens with zero attached hydrogens (tertiary/aromatic N) is 2. The van der Waals surface area contributed by atoms with Gasteiger partial charge in [-0.05, 0) is 37.7 Å². The summed E-state index contributed by atoms with van der Waals surface area (Å²) in [5, 5.41) is 10.1. The Hall–Kier alpha value is -2.11. The van der Waals surface area contributed by atoms with E-state index < -0.39 is 0 Å². The summed E-state index contributed by atoms with van der Waals surface area (Å²) in [5.74, 6) is 1.11. The van der Waals surface area contributed by atoms with Gasteiger partial charge in [-0.1, -0.05) is 26.0 Å². The van der Waals surface area contributed by atoms with Gasteiger partial charge in [0.2, 0.25) is 0 Å². The minimum absolute atomic E-state index is 0.182. The first kappa shape index (κ1) is 17.7. The van der Waals surface area contributed by atoms with Gasteiger partial charge < -0.3 is 19.5 Å². The van der Waals surface area contributed by atoms with Crippen molar-refractivity contribution in [1.82, 2.24) is 9.88 Å². The number of aromatic hydroxyl groups is 1. The second kappa shape index (κ2) is 7.85. The van der Waals surface area contributed by atoms with E-state index in [0.717, 1.165) is 42.1 Å². The summed E-state index contributed by atoms with van der Waals surface area (Å²) in [6.07, 6.45) is 1.62. The van der Waals surface area contributed by atoms with Crippen LogP contribution in [0, 0.1) is 6.92 Å². The van der Waals surface area contributed by atoms with Gasteiger partial charge in [0.25, 0.3) is 0 Å². The number of aromatic nitrogens is 1. The predicted molar refractivity (Wildman–Crippen MR) is 97.0 cm³/mol. The van der Waals surface area contributed by atoms with E-state index in [0.29, 0.717) is 18.9 Å². The molecule has 25 heavy (non-hydrogen) atoms. The molecule has 1 unspecified atom stereocenters. The second-order valence-corrected chi connectivity index (χ2v) is 6.26. The smallest absolute Gasteiger partial charge is 0.142 e. The number of likely N-dealkylation sites (N-methyl/N-ethyl adjacent to an activating group) is 1. The van der Waals surface area contributed by atoms with Crippen LogP contribution in [0.3, 0.4) is 0 Å². The lowest BCUT2D eigenvalue weighted by atomic mass is 10.00. The van der Waals surface area contributed by atoms with Crippen LogP contribution < -0.4 is 4.74 Å². The molecule has 1 aromatic carbocycles. The summed E-state index contributed by atoms with van der Waals surface area (Å²) in [6, 6.07) is 7.98. The lowest BCUT2D eigenvalue weighted by Gasteiger charge is -2.18. The van der Waals surface area contributed by atoms with Crippen LogP contribution in [0.5, 0.6) is 11.5 Å². The van der Waals surface area contributed by atoms with Crippen LogP contribution in [-0.4, -0.2) is 41.2 Å². The zero-order valence-electron chi connectivity index (χ0n) is 15.2. The standard InChI is InChI=1S/C20H26N2O3/c1-4-22(5-2)10-11-24-16-8-6-15(7-9-16)20-17-12-21-14(3)19(23)18(17)13-25-20/h6-9,12,20,23H,4-5,10-11,13H2,1-3H3. The Labute approximate surface area is 149 Å². The van der Waals surface area contributed by atoms with Crippen molar-refractivity contribution >= 4 is 0 Å². The van der Waals surface area contributed by atoms with Crippen molar-refractivity contribution in [3.63, 3.8) is 0 Å². The van der Waals surface area contributed by atoms with Crippen molar-refractivity contribution in [3.8, 4) is 11.5 Å². The number of rotatable bonds is 7. The summed E-state index contributed by atoms with van der Waals surface area (Å²) < 4.78 is 11.7. The van der Waals surface area contributed by atoms with E-state index in [4.69, 9.17) is 9.47 Å². The van der Waals surface area contributed by atoms with Crippen molar-refractivity contribution in [2.45, 2.75) is 33.5 Å². The minimum atomic E-state index is -0.182. The maximum Gasteiger partial charge on any atom is 0.142 e. The predicted octanol–water partition coefficient (Wildman–Crippen LogP) is 3.44. The maximum atomic E-state index is 10.1. The number of hydrogen-bond acceptors (Lipinski definition) is 5. The molecular weight excluding hydrogens is 316 g/mol. The van der Waals surface area contributed by atoms with E-state index in [9.17, 15) is 5.11 Å². The Kier molecular flexibility index (Phi) is 5.56. The lowest BCUT2D eigenvalue weighted by molar-refractivity contribution is 0.0931. The lowest BCUT2D eigenvalue weighted by Crippen LogP contribution is -2.27. The van der Waals surface area contributed by atoms with E-state index in [-0.39, 0.29) is 11.9 Å². The number of ether oxygens (including phenoxy) is 2. The summed E-state index contributed by atoms with van der Waals surface area (Å²) in [5.41, 5.74) is 3.47. The molecule has 1 aliphatic heterocycles. The topological polar surface area (TPSA) is 54.8 Å². The van der Waals surface area contributed by atoms with Gasteiger partial charge in [-0.3, -0.25) is 4.98 Å². The number of benzene rings is 1. The molecule has 0 saturated heterocycles. The number of aryl methyl sites for hydroxylation is 1. The third-order valence-corrected chi connectivity index (χ3v) is 4.80. The van der Waals surface area contributed by atoms with E-state index in [1.54, 1.807) is 13.1 Å². The highest BCUT2D eigenvalue weighted by molar-refractivity contribution is 5.47. The third-order valence-electron chi connectivity index (χ3n) is 4.80.